The standard InChI is InChI=1S/C27H28F2N2O4/c1-30(2)10-11-34-22-9-8-19-15-31(16-21(19)12-22)27(33)25-23(32)13-20(26(28)29)14-24(25)35-17-18-6-4-3-5-7-18/h3-9,12-14,26,32H,10-11,15-17H2,1-2H3. The summed E-state index contributed by atoms with van der Waals surface area (Å²) in [6.45, 7) is 2.04. The number of rotatable bonds is 9. The molecule has 0 fully saturated rings. The minimum atomic E-state index is -2.81. The van der Waals surface area contributed by atoms with Crippen molar-refractivity contribution in [1.29, 1.82) is 0 Å². The number of benzene rings is 3. The molecule has 3 aromatic rings. The van der Waals surface area contributed by atoms with Crippen LogP contribution >= 0.6 is 0 Å². The van der Waals surface area contributed by atoms with Crippen LogP contribution in [-0.4, -0.2) is 48.1 Å². The topological polar surface area (TPSA) is 62.2 Å². The number of hydrogen-bond donors (Lipinski definition) is 1. The fraction of sp³-hybridized carbons (Fsp3) is 0.296. The molecule has 3 aromatic carbocycles. The number of carbonyl (C=O) groups is 1. The lowest BCUT2D eigenvalue weighted by atomic mass is 10.1. The van der Waals surface area contributed by atoms with Crippen molar-refractivity contribution in [1.82, 2.24) is 9.80 Å². The first kappa shape index (κ1) is 24.5. The van der Waals surface area contributed by atoms with E-state index in [1.807, 2.05) is 67.5 Å². The van der Waals surface area contributed by atoms with Gasteiger partial charge in [-0.25, -0.2) is 8.78 Å². The Morgan fingerprint density at radius 1 is 1.03 bits per heavy atom. The first-order valence-electron chi connectivity index (χ1n) is 11.3. The first-order chi connectivity index (χ1) is 16.8. The maximum Gasteiger partial charge on any atom is 0.264 e. The summed E-state index contributed by atoms with van der Waals surface area (Å²) in [6, 6.07) is 16.9. The van der Waals surface area contributed by atoms with Gasteiger partial charge in [-0.1, -0.05) is 36.4 Å². The van der Waals surface area contributed by atoms with Gasteiger partial charge in [-0.15, -0.1) is 0 Å². The lowest BCUT2D eigenvalue weighted by molar-refractivity contribution is 0.0742. The number of likely N-dealkylation sites (N-methyl/N-ethyl adjacent to an activating group) is 1. The van der Waals surface area contributed by atoms with Gasteiger partial charge in [0.1, 0.15) is 36.0 Å². The molecule has 4 rings (SSSR count). The van der Waals surface area contributed by atoms with Crippen LogP contribution in [-0.2, 0) is 19.7 Å². The predicted molar refractivity (Wildman–Crippen MR) is 128 cm³/mol. The third-order valence-corrected chi connectivity index (χ3v) is 5.80. The van der Waals surface area contributed by atoms with Gasteiger partial charge in [-0.05, 0) is 55.1 Å². The third kappa shape index (κ3) is 5.89. The SMILES string of the molecule is CN(C)CCOc1ccc2c(c1)CN(C(=O)c1c(O)cc(C(F)F)cc1OCc1ccccc1)C2. The number of ether oxygens (including phenoxy) is 2. The van der Waals surface area contributed by atoms with E-state index in [0.717, 1.165) is 41.1 Å². The quantitative estimate of drug-likeness (QED) is 0.465. The molecule has 0 bridgehead atoms. The summed E-state index contributed by atoms with van der Waals surface area (Å²) in [5.74, 6) is -0.370. The Labute approximate surface area is 203 Å². The van der Waals surface area contributed by atoms with E-state index in [1.54, 1.807) is 4.90 Å². The molecule has 0 aliphatic carbocycles. The highest BCUT2D eigenvalue weighted by Gasteiger charge is 2.30. The molecule has 0 saturated heterocycles. The van der Waals surface area contributed by atoms with Crippen LogP contribution in [0.3, 0.4) is 0 Å². The second kappa shape index (κ2) is 10.7. The Balaban J connectivity index is 1.54. The van der Waals surface area contributed by atoms with Crippen molar-refractivity contribution in [2.45, 2.75) is 26.1 Å². The van der Waals surface area contributed by atoms with Crippen LogP contribution in [0.2, 0.25) is 0 Å². The molecule has 1 aliphatic rings. The minimum Gasteiger partial charge on any atom is -0.507 e. The molecule has 0 unspecified atom stereocenters. The van der Waals surface area contributed by atoms with Gasteiger partial charge in [0.15, 0.2) is 0 Å². The summed E-state index contributed by atoms with van der Waals surface area (Å²) in [5.41, 5.74) is 2.18. The molecule has 0 atom stereocenters. The number of phenolic OH excluding ortho intramolecular Hbond substituents is 1. The van der Waals surface area contributed by atoms with Gasteiger partial charge < -0.3 is 24.4 Å². The average Bonchev–Trinajstić information content (AvgIpc) is 3.26. The van der Waals surface area contributed by atoms with E-state index < -0.39 is 23.6 Å². The zero-order valence-corrected chi connectivity index (χ0v) is 19.7. The van der Waals surface area contributed by atoms with Crippen LogP contribution in [0.4, 0.5) is 8.78 Å². The fourth-order valence-electron chi connectivity index (χ4n) is 3.92. The maximum absolute atomic E-state index is 13.4. The van der Waals surface area contributed by atoms with E-state index in [9.17, 15) is 18.7 Å². The summed E-state index contributed by atoms with van der Waals surface area (Å²) in [4.78, 5) is 17.0. The monoisotopic (exact) mass is 482 g/mol. The summed E-state index contributed by atoms with van der Waals surface area (Å²) < 4.78 is 38.4. The summed E-state index contributed by atoms with van der Waals surface area (Å²) >= 11 is 0. The van der Waals surface area contributed by atoms with Crippen molar-refractivity contribution in [3.63, 3.8) is 0 Å². The van der Waals surface area contributed by atoms with Gasteiger partial charge in [0.05, 0.1) is 0 Å². The van der Waals surface area contributed by atoms with Gasteiger partial charge in [-0.3, -0.25) is 4.79 Å². The van der Waals surface area contributed by atoms with Crippen molar-refractivity contribution in [2.24, 2.45) is 0 Å². The maximum atomic E-state index is 13.4. The zero-order valence-electron chi connectivity index (χ0n) is 19.7. The first-order valence-corrected chi connectivity index (χ1v) is 11.3. The van der Waals surface area contributed by atoms with Gasteiger partial charge >= 0.3 is 0 Å². The Morgan fingerprint density at radius 3 is 2.49 bits per heavy atom. The molecule has 35 heavy (non-hydrogen) atoms. The molecule has 0 radical (unpaired) electrons. The summed E-state index contributed by atoms with van der Waals surface area (Å²) in [6.07, 6.45) is -2.81. The molecular formula is C27H28F2N2O4. The lowest BCUT2D eigenvalue weighted by Gasteiger charge is -2.20. The molecule has 1 N–H and O–H groups in total. The fourth-order valence-corrected chi connectivity index (χ4v) is 3.92. The van der Waals surface area contributed by atoms with Crippen LogP contribution in [0.25, 0.3) is 0 Å². The van der Waals surface area contributed by atoms with Crippen molar-refractivity contribution < 1.29 is 28.2 Å². The highest BCUT2D eigenvalue weighted by Crippen LogP contribution is 2.37. The Hall–Kier alpha value is -3.65. The number of alkyl halides is 2. The molecule has 6 nitrogen and oxygen atoms in total. The van der Waals surface area contributed by atoms with Crippen LogP contribution in [0.1, 0.15) is 39.0 Å². The van der Waals surface area contributed by atoms with E-state index >= 15 is 0 Å². The Bertz CT molecular complexity index is 1190. The van der Waals surface area contributed by atoms with Gasteiger partial charge in [0.2, 0.25) is 0 Å². The summed E-state index contributed by atoms with van der Waals surface area (Å²) in [7, 11) is 3.94. The normalized spacial score (nSPS) is 12.8. The van der Waals surface area contributed by atoms with Crippen molar-refractivity contribution in [2.75, 3.05) is 27.2 Å². The van der Waals surface area contributed by atoms with E-state index in [-0.39, 0.29) is 17.9 Å². The zero-order chi connectivity index (χ0) is 24.9. The molecule has 1 aliphatic heterocycles. The minimum absolute atomic E-state index is 0.0706. The smallest absolute Gasteiger partial charge is 0.264 e. The van der Waals surface area contributed by atoms with E-state index in [2.05, 4.69) is 0 Å². The number of aromatic hydroxyl groups is 1. The van der Waals surface area contributed by atoms with Crippen LogP contribution in [0.15, 0.2) is 60.7 Å². The predicted octanol–water partition coefficient (Wildman–Crippen LogP) is 5.01. The van der Waals surface area contributed by atoms with E-state index in [0.29, 0.717) is 19.7 Å². The third-order valence-electron chi connectivity index (χ3n) is 5.80. The number of carbonyl (C=O) groups excluding carboxylic acids is 1. The number of phenols is 1. The number of fused-ring (bicyclic) bond motifs is 1. The second-order valence-corrected chi connectivity index (χ2v) is 8.73. The Morgan fingerprint density at radius 2 is 1.77 bits per heavy atom. The van der Waals surface area contributed by atoms with Crippen molar-refractivity contribution >= 4 is 5.91 Å². The molecular weight excluding hydrogens is 454 g/mol. The van der Waals surface area contributed by atoms with Gasteiger partial charge in [-0.2, -0.15) is 0 Å². The molecule has 1 amide bonds. The molecule has 1 heterocycles. The number of hydrogen-bond acceptors (Lipinski definition) is 5. The van der Waals surface area contributed by atoms with Gasteiger partial charge in [0.25, 0.3) is 12.3 Å². The highest BCUT2D eigenvalue weighted by atomic mass is 19.3. The highest BCUT2D eigenvalue weighted by molar-refractivity contribution is 6.00. The Kier molecular flexibility index (Phi) is 7.51. The molecule has 0 aromatic heterocycles. The lowest BCUT2D eigenvalue weighted by Crippen LogP contribution is -2.26. The van der Waals surface area contributed by atoms with E-state index in [1.165, 1.54) is 0 Å². The molecule has 0 saturated carbocycles. The van der Waals surface area contributed by atoms with Crippen LogP contribution in [0, 0.1) is 0 Å². The van der Waals surface area contributed by atoms with E-state index in [4.69, 9.17) is 9.47 Å². The number of halogens is 2. The van der Waals surface area contributed by atoms with Gasteiger partial charge in [0, 0.05) is 25.2 Å². The number of nitrogens with zero attached hydrogens (tertiary/aromatic N) is 2. The number of amides is 1. The summed E-state index contributed by atoms with van der Waals surface area (Å²) in [5, 5.41) is 10.6. The van der Waals surface area contributed by atoms with Crippen molar-refractivity contribution in [3.8, 4) is 17.2 Å². The van der Waals surface area contributed by atoms with Crippen molar-refractivity contribution in [3.05, 3.63) is 88.5 Å². The van der Waals surface area contributed by atoms with Crippen LogP contribution in [0.5, 0.6) is 17.2 Å². The molecule has 0 spiro atoms. The van der Waals surface area contributed by atoms with Crippen LogP contribution < -0.4 is 9.47 Å². The average molecular weight is 483 g/mol. The largest absolute Gasteiger partial charge is 0.507 e. The molecule has 184 valence electrons. The molecule has 8 heteroatoms. The second-order valence-electron chi connectivity index (χ2n) is 8.73.